The summed E-state index contributed by atoms with van der Waals surface area (Å²) in [6.07, 6.45) is 0. The van der Waals surface area contributed by atoms with Crippen LogP contribution in [0.15, 0.2) is 0 Å². The van der Waals surface area contributed by atoms with Gasteiger partial charge < -0.3 is 7.13 Å². The van der Waals surface area contributed by atoms with E-state index in [2.05, 4.69) is 0 Å². The second-order valence-corrected chi connectivity index (χ2v) is 0. The van der Waals surface area contributed by atoms with E-state index in [4.69, 9.17) is 0 Å². The molecule has 0 heterocycles. The number of rotatable bonds is 0. The van der Waals surface area contributed by atoms with Gasteiger partial charge in [0.25, 0.3) is 0 Å². The molecule has 0 rings (SSSR count). The molecule has 0 saturated carbocycles. The van der Waals surface area contributed by atoms with Gasteiger partial charge in [-0.15, -0.1) is 0 Å². The maximum Gasteiger partial charge on any atom is 1.00 e. The molecule has 0 aliphatic heterocycles. The van der Waals surface area contributed by atoms with Gasteiger partial charge in [-0.25, -0.2) is 0 Å². The SMILES string of the molecule is F.F.F.[H-].[H-].[H-].[H-].[H-].[Na+].[Na+].[Na+].[Na+].[Na+]. The van der Waals surface area contributed by atoms with Crippen LogP contribution in [-0.4, -0.2) is 0 Å². The molecule has 0 aromatic heterocycles. The molecule has 34 valence electrons. The van der Waals surface area contributed by atoms with Crippen LogP contribution in [0, 0.1) is 0 Å². The van der Waals surface area contributed by atoms with Gasteiger partial charge in [0.05, 0.1) is 0 Å². The molecule has 0 unspecified atom stereocenters. The van der Waals surface area contributed by atoms with Crippen LogP contribution in [0.3, 0.4) is 0 Å². The fourth-order valence-electron chi connectivity index (χ4n) is 0. The maximum atomic E-state index is 0. The number of hydrogen-bond donors (Lipinski definition) is 0. The second kappa shape index (κ2) is 59.8. The minimum atomic E-state index is 0. The third kappa shape index (κ3) is 45.1. The van der Waals surface area contributed by atoms with Crippen molar-refractivity contribution < 1.29 is 169 Å². The van der Waals surface area contributed by atoms with Crippen LogP contribution in [-0.2, 0) is 0 Å². The molecule has 0 aromatic rings. The fraction of sp³-hybridized carbons (Fsp3) is 0. The molecule has 0 spiro atoms. The Labute approximate surface area is 165 Å². The first kappa shape index (κ1) is 77.5. The van der Waals surface area contributed by atoms with Crippen molar-refractivity contribution in [1.82, 2.24) is 0 Å². The molecule has 8 heteroatoms. The Hall–Kier alpha value is 4.79. The Balaban J connectivity index is 0. The van der Waals surface area contributed by atoms with E-state index in [-0.39, 0.29) is 169 Å². The molecular weight excluding hydrogens is 172 g/mol. The second-order valence-electron chi connectivity index (χ2n) is 0. The van der Waals surface area contributed by atoms with Crippen molar-refractivity contribution in [3.8, 4) is 0 Å². The van der Waals surface area contributed by atoms with E-state index in [1.807, 2.05) is 0 Å². The van der Waals surface area contributed by atoms with Crippen LogP contribution < -0.4 is 148 Å². The van der Waals surface area contributed by atoms with Crippen LogP contribution in [0.5, 0.6) is 0 Å². The van der Waals surface area contributed by atoms with E-state index in [0.29, 0.717) is 0 Å². The monoisotopic (exact) mass is 180 g/mol. The Kier molecular flexibility index (Phi) is 579. The minimum Gasteiger partial charge on any atom is -1.00 e. The van der Waals surface area contributed by atoms with E-state index in [9.17, 15) is 0 Å². The average molecular weight is 180 g/mol. The van der Waals surface area contributed by atoms with Crippen LogP contribution in [0.25, 0.3) is 0 Å². The van der Waals surface area contributed by atoms with Crippen molar-refractivity contribution in [2.75, 3.05) is 0 Å². The molecule has 0 N–H and O–H groups in total. The van der Waals surface area contributed by atoms with Gasteiger partial charge in [-0.3, -0.25) is 14.1 Å². The van der Waals surface area contributed by atoms with Gasteiger partial charge in [0.2, 0.25) is 0 Å². The topological polar surface area (TPSA) is 0 Å². The molecule has 0 atom stereocenters. The zero-order valence-electron chi connectivity index (χ0n) is 11.2. The summed E-state index contributed by atoms with van der Waals surface area (Å²) in [4.78, 5) is 0. The quantitative estimate of drug-likeness (QED) is 0.325. The standard InChI is InChI=1S/3FH.5Na.5H/h3*1H;;;;;;;;;;/q;;;5*+1;5*-1. The molecule has 0 saturated heterocycles. The molecule has 0 bridgehead atoms. The summed E-state index contributed by atoms with van der Waals surface area (Å²) >= 11 is 0. The first-order valence-corrected chi connectivity index (χ1v) is 0. The molecule has 0 fully saturated rings. The van der Waals surface area contributed by atoms with Crippen LogP contribution in [0.2, 0.25) is 0 Å². The third-order valence-corrected chi connectivity index (χ3v) is 0. The van der Waals surface area contributed by atoms with Crippen molar-refractivity contribution >= 4 is 0 Å². The van der Waals surface area contributed by atoms with Crippen LogP contribution in [0.1, 0.15) is 7.13 Å². The molecule has 8 heavy (non-hydrogen) atoms. The minimum absolute atomic E-state index is 0. The zero-order chi connectivity index (χ0) is 0. The normalized spacial score (nSPS) is 0. The van der Waals surface area contributed by atoms with Gasteiger partial charge >= 0.3 is 148 Å². The first-order chi connectivity index (χ1) is 0. The van der Waals surface area contributed by atoms with E-state index in [1.54, 1.807) is 0 Å². The predicted molar refractivity (Wildman–Crippen MR) is 13.1 cm³/mol. The molecule has 0 aliphatic carbocycles. The van der Waals surface area contributed by atoms with E-state index in [0.717, 1.165) is 0 Å². The summed E-state index contributed by atoms with van der Waals surface area (Å²) in [5.41, 5.74) is 0. The molecule has 0 nitrogen and oxygen atoms in total. The first-order valence-electron chi connectivity index (χ1n) is 0. The summed E-state index contributed by atoms with van der Waals surface area (Å²) in [5.74, 6) is 0. The summed E-state index contributed by atoms with van der Waals surface area (Å²) in [7, 11) is 0. The van der Waals surface area contributed by atoms with Gasteiger partial charge in [0, 0.05) is 0 Å². The molecule has 0 aromatic carbocycles. The average Bonchev–Trinajstić information content (AvgIpc) is 0. The maximum absolute atomic E-state index is 0. The van der Waals surface area contributed by atoms with Crippen LogP contribution in [0.4, 0.5) is 14.1 Å². The van der Waals surface area contributed by atoms with Gasteiger partial charge in [-0.1, -0.05) is 0 Å². The Morgan fingerprint density at radius 1 is 0.375 bits per heavy atom. The Bertz CT molecular complexity index is 20.1. The molecule has 0 amide bonds. The largest absolute Gasteiger partial charge is 1.00 e. The van der Waals surface area contributed by atoms with E-state index < -0.39 is 0 Å². The summed E-state index contributed by atoms with van der Waals surface area (Å²) in [6, 6.07) is 0. The van der Waals surface area contributed by atoms with Crippen molar-refractivity contribution in [2.45, 2.75) is 0 Å². The van der Waals surface area contributed by atoms with Crippen molar-refractivity contribution in [1.29, 1.82) is 0 Å². The van der Waals surface area contributed by atoms with Crippen molar-refractivity contribution in [3.63, 3.8) is 0 Å². The van der Waals surface area contributed by atoms with E-state index >= 15 is 0 Å². The number of halogens is 3. The van der Waals surface area contributed by atoms with Gasteiger partial charge in [-0.2, -0.15) is 0 Å². The Morgan fingerprint density at radius 3 is 0.375 bits per heavy atom. The molecular formula is H8F3Na5. The zero-order valence-corrected chi connectivity index (χ0v) is 16.2. The Morgan fingerprint density at radius 2 is 0.375 bits per heavy atom. The van der Waals surface area contributed by atoms with Crippen LogP contribution >= 0.6 is 0 Å². The fourth-order valence-corrected chi connectivity index (χ4v) is 0. The van der Waals surface area contributed by atoms with Gasteiger partial charge in [-0.05, 0) is 0 Å². The molecule has 0 aliphatic rings. The van der Waals surface area contributed by atoms with Crippen molar-refractivity contribution in [2.24, 2.45) is 0 Å². The summed E-state index contributed by atoms with van der Waals surface area (Å²) in [5, 5.41) is 0. The smallest absolute Gasteiger partial charge is 1.00 e. The molecule has 0 radical (unpaired) electrons. The number of hydrogen-bond acceptors (Lipinski definition) is 0. The summed E-state index contributed by atoms with van der Waals surface area (Å²) in [6.45, 7) is 0. The van der Waals surface area contributed by atoms with Crippen molar-refractivity contribution in [3.05, 3.63) is 0 Å². The van der Waals surface area contributed by atoms with Gasteiger partial charge in [0.15, 0.2) is 0 Å². The van der Waals surface area contributed by atoms with Gasteiger partial charge in [0.1, 0.15) is 0 Å². The predicted octanol–water partition coefficient (Wildman–Crippen LogP) is -14.0. The van der Waals surface area contributed by atoms with E-state index in [1.165, 1.54) is 0 Å². The third-order valence-electron chi connectivity index (χ3n) is 0. The summed E-state index contributed by atoms with van der Waals surface area (Å²) < 4.78 is 0.